The normalized spacial score (nSPS) is 19.0. The first kappa shape index (κ1) is 19.3. The molecule has 3 aromatic rings. The van der Waals surface area contributed by atoms with Gasteiger partial charge in [0.1, 0.15) is 31.9 Å². The summed E-state index contributed by atoms with van der Waals surface area (Å²) in [6, 6.07) is 15.1. The number of rotatable bonds is 4. The molecule has 2 aromatic carbocycles. The average Bonchev–Trinajstić information content (AvgIpc) is 3.16. The molecule has 31 heavy (non-hydrogen) atoms. The maximum atomic E-state index is 14.4. The number of nitrogens with one attached hydrogen (secondary N) is 1. The van der Waals surface area contributed by atoms with E-state index in [9.17, 15) is 4.39 Å². The molecule has 0 aliphatic carbocycles. The Bertz CT molecular complexity index is 1130. The van der Waals surface area contributed by atoms with Crippen molar-refractivity contribution in [2.24, 2.45) is 4.99 Å². The molecule has 1 atom stereocenters. The van der Waals surface area contributed by atoms with Crippen LogP contribution in [0, 0.1) is 5.82 Å². The molecule has 0 spiro atoms. The first-order valence-corrected chi connectivity index (χ1v) is 9.89. The van der Waals surface area contributed by atoms with E-state index in [0.717, 1.165) is 11.9 Å². The van der Waals surface area contributed by atoms with Crippen LogP contribution < -0.4 is 19.7 Å². The van der Waals surface area contributed by atoms with Gasteiger partial charge in [0.15, 0.2) is 23.1 Å². The molecule has 8 nitrogen and oxygen atoms in total. The third-order valence-corrected chi connectivity index (χ3v) is 4.91. The minimum absolute atomic E-state index is 0.0175. The summed E-state index contributed by atoms with van der Waals surface area (Å²) in [6.07, 6.45) is 0.850. The van der Waals surface area contributed by atoms with Gasteiger partial charge in [-0.2, -0.15) is 9.98 Å². The van der Waals surface area contributed by atoms with Crippen molar-refractivity contribution >= 4 is 29.0 Å². The van der Waals surface area contributed by atoms with Gasteiger partial charge in [-0.05, 0) is 31.2 Å². The number of halogens is 1. The quantitative estimate of drug-likeness (QED) is 0.681. The highest BCUT2D eigenvalue weighted by Crippen LogP contribution is 2.34. The molecule has 9 heteroatoms. The van der Waals surface area contributed by atoms with Gasteiger partial charge in [0, 0.05) is 17.4 Å². The molecule has 1 fully saturated rings. The molecule has 0 bridgehead atoms. The van der Waals surface area contributed by atoms with Crippen molar-refractivity contribution in [1.82, 2.24) is 9.97 Å². The predicted octanol–water partition coefficient (Wildman–Crippen LogP) is 4.04. The topological polar surface area (TPSA) is 81.1 Å². The Morgan fingerprint density at radius 1 is 1.10 bits per heavy atom. The lowest BCUT2D eigenvalue weighted by Gasteiger charge is -2.19. The van der Waals surface area contributed by atoms with E-state index in [4.69, 9.17) is 14.2 Å². The van der Waals surface area contributed by atoms with E-state index in [1.54, 1.807) is 18.2 Å². The summed E-state index contributed by atoms with van der Waals surface area (Å²) in [7, 11) is 0. The summed E-state index contributed by atoms with van der Waals surface area (Å²) in [4.78, 5) is 14.8. The molecule has 1 unspecified atom stereocenters. The third-order valence-electron chi connectivity index (χ3n) is 4.91. The van der Waals surface area contributed by atoms with Crippen LogP contribution in [0.4, 0.5) is 27.5 Å². The molecular weight excluding hydrogens is 401 g/mol. The van der Waals surface area contributed by atoms with Crippen molar-refractivity contribution in [2.75, 3.05) is 30.2 Å². The van der Waals surface area contributed by atoms with Crippen LogP contribution >= 0.6 is 0 Å². The van der Waals surface area contributed by atoms with E-state index < -0.39 is 5.82 Å². The zero-order chi connectivity index (χ0) is 21.2. The standard InChI is InChI=1S/C22H20FN5O3/c1-14-21(28(13-31-14)16-5-3-2-4-6-16)27-22-24-12-17(23)20(26-22)25-15-7-8-18-19(11-15)30-10-9-29-18/h2-8,11-12,14H,9-10,13H2,1H3,(H,24,25,26). The van der Waals surface area contributed by atoms with E-state index >= 15 is 0 Å². The Labute approximate surface area is 178 Å². The molecule has 2 aliphatic heterocycles. The molecule has 0 saturated carbocycles. The molecular formula is C22H20FN5O3. The second-order valence-electron chi connectivity index (χ2n) is 7.02. The van der Waals surface area contributed by atoms with Crippen LogP contribution in [0.1, 0.15) is 6.92 Å². The molecule has 1 N–H and O–H groups in total. The lowest BCUT2D eigenvalue weighted by atomic mass is 10.2. The van der Waals surface area contributed by atoms with Crippen molar-refractivity contribution in [3.8, 4) is 11.5 Å². The van der Waals surface area contributed by atoms with Gasteiger partial charge >= 0.3 is 0 Å². The van der Waals surface area contributed by atoms with Crippen LogP contribution in [0.2, 0.25) is 0 Å². The van der Waals surface area contributed by atoms with Gasteiger partial charge in [-0.25, -0.2) is 9.37 Å². The number of hydrogen-bond acceptors (Lipinski definition) is 7. The number of ether oxygens (including phenoxy) is 3. The molecule has 2 aliphatic rings. The fourth-order valence-corrected chi connectivity index (χ4v) is 3.37. The Kier molecular flexibility index (Phi) is 5.09. The molecule has 0 amide bonds. The highest BCUT2D eigenvalue weighted by Gasteiger charge is 2.28. The van der Waals surface area contributed by atoms with E-state index in [0.29, 0.717) is 43.0 Å². The summed E-state index contributed by atoms with van der Waals surface area (Å²) >= 11 is 0. The fourth-order valence-electron chi connectivity index (χ4n) is 3.37. The lowest BCUT2D eigenvalue weighted by Crippen LogP contribution is -2.28. The Morgan fingerprint density at radius 3 is 2.74 bits per heavy atom. The number of benzene rings is 2. The number of nitrogens with zero attached hydrogens (tertiary/aromatic N) is 4. The largest absolute Gasteiger partial charge is 0.486 e. The van der Waals surface area contributed by atoms with Gasteiger partial charge in [0.05, 0.1) is 6.20 Å². The summed E-state index contributed by atoms with van der Waals surface area (Å²) in [5.74, 6) is 1.47. The minimum Gasteiger partial charge on any atom is -0.486 e. The number of para-hydroxylation sites is 1. The Morgan fingerprint density at radius 2 is 1.90 bits per heavy atom. The number of fused-ring (bicyclic) bond motifs is 1. The van der Waals surface area contributed by atoms with Gasteiger partial charge in [0.25, 0.3) is 5.95 Å². The zero-order valence-electron chi connectivity index (χ0n) is 16.8. The highest BCUT2D eigenvalue weighted by atomic mass is 19.1. The van der Waals surface area contributed by atoms with Gasteiger partial charge in [0.2, 0.25) is 0 Å². The molecule has 1 saturated heterocycles. The van der Waals surface area contributed by atoms with Crippen molar-refractivity contribution in [3.05, 3.63) is 60.5 Å². The fraction of sp³-hybridized carbons (Fsp3) is 0.227. The van der Waals surface area contributed by atoms with E-state index in [-0.39, 0.29) is 17.9 Å². The maximum absolute atomic E-state index is 14.4. The maximum Gasteiger partial charge on any atom is 0.253 e. The van der Waals surface area contributed by atoms with E-state index in [1.165, 1.54) is 0 Å². The summed E-state index contributed by atoms with van der Waals surface area (Å²) in [6.45, 7) is 3.25. The molecule has 5 rings (SSSR count). The van der Waals surface area contributed by atoms with Crippen LogP contribution in [0.25, 0.3) is 0 Å². The number of hydrogen-bond donors (Lipinski definition) is 1. The van der Waals surface area contributed by atoms with Crippen LogP contribution in [0.15, 0.2) is 59.7 Å². The number of aliphatic imine (C=N–C) groups is 1. The molecule has 1 aromatic heterocycles. The summed E-state index contributed by atoms with van der Waals surface area (Å²) in [5.41, 5.74) is 1.56. The number of aromatic nitrogens is 2. The smallest absolute Gasteiger partial charge is 0.253 e. The van der Waals surface area contributed by atoms with E-state index in [1.807, 2.05) is 42.2 Å². The van der Waals surface area contributed by atoms with Crippen molar-refractivity contribution in [3.63, 3.8) is 0 Å². The molecule has 0 radical (unpaired) electrons. The number of anilines is 3. The third kappa shape index (κ3) is 3.99. The first-order valence-electron chi connectivity index (χ1n) is 9.89. The van der Waals surface area contributed by atoms with Crippen molar-refractivity contribution in [1.29, 1.82) is 0 Å². The average molecular weight is 421 g/mol. The minimum atomic E-state index is -0.588. The van der Waals surface area contributed by atoms with Gasteiger partial charge in [-0.1, -0.05) is 18.2 Å². The first-order chi connectivity index (χ1) is 15.2. The predicted molar refractivity (Wildman–Crippen MR) is 114 cm³/mol. The van der Waals surface area contributed by atoms with Crippen LogP contribution in [0.3, 0.4) is 0 Å². The van der Waals surface area contributed by atoms with Crippen LogP contribution in [0.5, 0.6) is 11.5 Å². The lowest BCUT2D eigenvalue weighted by molar-refractivity contribution is 0.146. The SMILES string of the molecule is CC1OCN(c2ccccc2)C1=Nc1ncc(F)c(Nc2ccc3c(c2)OCCO3)n1. The van der Waals surface area contributed by atoms with Crippen molar-refractivity contribution in [2.45, 2.75) is 13.0 Å². The van der Waals surface area contributed by atoms with Crippen LogP contribution in [-0.2, 0) is 4.74 Å². The second-order valence-corrected chi connectivity index (χ2v) is 7.02. The Hall–Kier alpha value is -3.72. The second kappa shape index (κ2) is 8.19. The summed E-state index contributed by atoms with van der Waals surface area (Å²) in [5, 5.41) is 2.97. The van der Waals surface area contributed by atoms with Crippen LogP contribution in [-0.4, -0.2) is 41.9 Å². The highest BCUT2D eigenvalue weighted by molar-refractivity contribution is 6.03. The molecule has 3 heterocycles. The van der Waals surface area contributed by atoms with E-state index in [2.05, 4.69) is 20.3 Å². The van der Waals surface area contributed by atoms with Crippen molar-refractivity contribution < 1.29 is 18.6 Å². The van der Waals surface area contributed by atoms with Gasteiger partial charge in [-0.15, -0.1) is 0 Å². The Balaban J connectivity index is 1.43. The monoisotopic (exact) mass is 421 g/mol. The van der Waals surface area contributed by atoms with Gasteiger partial charge in [-0.3, -0.25) is 0 Å². The van der Waals surface area contributed by atoms with Gasteiger partial charge < -0.3 is 24.4 Å². The number of amidine groups is 1. The molecule has 158 valence electrons. The summed E-state index contributed by atoms with van der Waals surface area (Å²) < 4.78 is 31.2. The zero-order valence-corrected chi connectivity index (χ0v) is 16.8.